The van der Waals surface area contributed by atoms with Gasteiger partial charge in [-0.2, -0.15) is 5.26 Å². The van der Waals surface area contributed by atoms with E-state index < -0.39 is 17.1 Å². The number of hydrogen-bond donors (Lipinski definition) is 2. The van der Waals surface area contributed by atoms with E-state index in [9.17, 15) is 14.7 Å². The molecule has 0 fully saturated rings. The second-order valence-corrected chi connectivity index (χ2v) is 6.55. The molecule has 1 heterocycles. The Kier molecular flexibility index (Phi) is 5.45. The SMILES string of the molecule is N#CSc1ccc(N=Cc2c(O)n(-c3ccc(Cl)cc3)c(=O)[nH]c2=O)cc1. The third-order valence-corrected chi connectivity index (χ3v) is 4.40. The number of halogens is 1. The molecule has 9 heteroatoms. The van der Waals surface area contributed by atoms with Gasteiger partial charge in [0.25, 0.3) is 5.56 Å². The highest BCUT2D eigenvalue weighted by Gasteiger charge is 2.14. The van der Waals surface area contributed by atoms with Crippen molar-refractivity contribution in [2.24, 2.45) is 4.99 Å². The standard InChI is InChI=1S/C18H11ClN4O3S/c19-11-1-5-13(6-2-11)23-17(25)15(16(24)22-18(23)26)9-21-12-3-7-14(8-4-12)27-10-20/h1-9,25H,(H,22,24,26). The number of aromatic hydroxyl groups is 1. The van der Waals surface area contributed by atoms with Gasteiger partial charge in [0.1, 0.15) is 11.0 Å². The van der Waals surface area contributed by atoms with Crippen molar-refractivity contribution >= 4 is 35.3 Å². The van der Waals surface area contributed by atoms with Crippen LogP contribution in [0, 0.1) is 10.7 Å². The van der Waals surface area contributed by atoms with Crippen LogP contribution < -0.4 is 11.2 Å². The number of H-pyrrole nitrogens is 1. The van der Waals surface area contributed by atoms with Gasteiger partial charge in [-0.3, -0.25) is 14.8 Å². The lowest BCUT2D eigenvalue weighted by Gasteiger charge is -2.09. The molecule has 0 unspecified atom stereocenters. The zero-order valence-electron chi connectivity index (χ0n) is 13.6. The summed E-state index contributed by atoms with van der Waals surface area (Å²) < 4.78 is 0.950. The summed E-state index contributed by atoms with van der Waals surface area (Å²) in [5, 5.41) is 21.5. The molecular formula is C18H11ClN4O3S. The van der Waals surface area contributed by atoms with Crippen LogP contribution in [0.4, 0.5) is 5.69 Å². The Morgan fingerprint density at radius 3 is 2.44 bits per heavy atom. The minimum absolute atomic E-state index is 0.167. The normalized spacial score (nSPS) is 10.8. The first-order valence-electron chi connectivity index (χ1n) is 7.54. The first-order valence-corrected chi connectivity index (χ1v) is 8.73. The van der Waals surface area contributed by atoms with E-state index in [1.54, 1.807) is 36.4 Å². The van der Waals surface area contributed by atoms with E-state index >= 15 is 0 Å². The van der Waals surface area contributed by atoms with Crippen LogP contribution in [0.5, 0.6) is 5.88 Å². The van der Waals surface area contributed by atoms with Crippen molar-refractivity contribution in [2.45, 2.75) is 4.90 Å². The van der Waals surface area contributed by atoms with E-state index in [2.05, 4.69) is 9.98 Å². The Balaban J connectivity index is 2.02. The van der Waals surface area contributed by atoms with Crippen molar-refractivity contribution in [3.63, 3.8) is 0 Å². The Morgan fingerprint density at radius 1 is 1.15 bits per heavy atom. The van der Waals surface area contributed by atoms with Gasteiger partial charge in [-0.05, 0) is 60.3 Å². The topological polar surface area (TPSA) is 111 Å². The fourth-order valence-corrected chi connectivity index (χ4v) is 2.78. The molecule has 0 bridgehead atoms. The van der Waals surface area contributed by atoms with Crippen molar-refractivity contribution in [1.82, 2.24) is 9.55 Å². The summed E-state index contributed by atoms with van der Waals surface area (Å²) in [6.07, 6.45) is 1.17. The second kappa shape index (κ2) is 7.95. The summed E-state index contributed by atoms with van der Waals surface area (Å²) in [5.41, 5.74) is -0.857. The number of thioether (sulfide) groups is 1. The average Bonchev–Trinajstić information content (AvgIpc) is 2.64. The molecule has 2 N–H and O–H groups in total. The van der Waals surface area contributed by atoms with Gasteiger partial charge in [0.15, 0.2) is 0 Å². The number of nitrogens with one attached hydrogen (secondary N) is 1. The number of benzene rings is 2. The van der Waals surface area contributed by atoms with Crippen LogP contribution in [0.1, 0.15) is 5.56 Å². The molecule has 3 aromatic rings. The molecule has 0 spiro atoms. The van der Waals surface area contributed by atoms with Gasteiger partial charge in [0.2, 0.25) is 5.88 Å². The van der Waals surface area contributed by atoms with Crippen molar-refractivity contribution < 1.29 is 5.11 Å². The van der Waals surface area contributed by atoms with E-state index in [1.165, 1.54) is 18.3 Å². The fraction of sp³-hybridized carbons (Fsp3) is 0. The number of aromatic nitrogens is 2. The Bertz CT molecular complexity index is 1160. The fourth-order valence-electron chi connectivity index (χ4n) is 2.28. The highest BCUT2D eigenvalue weighted by Crippen LogP contribution is 2.21. The molecule has 7 nitrogen and oxygen atoms in total. The first kappa shape index (κ1) is 18.5. The lowest BCUT2D eigenvalue weighted by Crippen LogP contribution is -2.31. The molecule has 0 atom stereocenters. The van der Waals surface area contributed by atoms with Crippen molar-refractivity contribution in [3.05, 3.63) is 80.0 Å². The zero-order valence-corrected chi connectivity index (χ0v) is 15.2. The van der Waals surface area contributed by atoms with Crippen LogP contribution in [-0.4, -0.2) is 20.9 Å². The van der Waals surface area contributed by atoms with E-state index in [1.807, 2.05) is 5.40 Å². The van der Waals surface area contributed by atoms with Gasteiger partial charge in [0, 0.05) is 16.1 Å². The molecule has 0 saturated heterocycles. The second-order valence-electron chi connectivity index (χ2n) is 5.25. The summed E-state index contributed by atoms with van der Waals surface area (Å²) in [7, 11) is 0. The molecule has 3 rings (SSSR count). The predicted molar refractivity (Wildman–Crippen MR) is 105 cm³/mol. The first-order chi connectivity index (χ1) is 13.0. The van der Waals surface area contributed by atoms with E-state index in [-0.39, 0.29) is 5.56 Å². The number of nitrogens with zero attached hydrogens (tertiary/aromatic N) is 3. The molecule has 27 heavy (non-hydrogen) atoms. The Hall–Kier alpha value is -3.28. The highest BCUT2D eigenvalue weighted by atomic mass is 35.5. The van der Waals surface area contributed by atoms with Crippen molar-refractivity contribution in [2.75, 3.05) is 0 Å². The van der Waals surface area contributed by atoms with Crippen LogP contribution in [0.3, 0.4) is 0 Å². The van der Waals surface area contributed by atoms with E-state index in [4.69, 9.17) is 16.9 Å². The minimum Gasteiger partial charge on any atom is -0.493 e. The molecule has 134 valence electrons. The van der Waals surface area contributed by atoms with Crippen LogP contribution in [0.15, 0.2) is 68.0 Å². The molecular weight excluding hydrogens is 388 g/mol. The van der Waals surface area contributed by atoms with Gasteiger partial charge < -0.3 is 5.11 Å². The summed E-state index contributed by atoms with van der Waals surface area (Å²) in [6.45, 7) is 0. The number of aromatic amines is 1. The van der Waals surface area contributed by atoms with Gasteiger partial charge in [-0.15, -0.1) is 0 Å². The molecule has 0 aliphatic carbocycles. The molecule has 0 saturated carbocycles. The van der Waals surface area contributed by atoms with E-state index in [0.717, 1.165) is 21.2 Å². The van der Waals surface area contributed by atoms with E-state index in [0.29, 0.717) is 16.4 Å². The maximum atomic E-state index is 12.1. The number of hydrogen-bond acceptors (Lipinski definition) is 6. The summed E-state index contributed by atoms with van der Waals surface area (Å²) in [4.78, 5) is 31.2. The van der Waals surface area contributed by atoms with Crippen molar-refractivity contribution in [1.29, 1.82) is 5.26 Å². The molecule has 0 amide bonds. The highest BCUT2D eigenvalue weighted by molar-refractivity contribution is 8.03. The summed E-state index contributed by atoms with van der Waals surface area (Å²) in [6, 6.07) is 12.9. The van der Waals surface area contributed by atoms with Gasteiger partial charge in [-0.1, -0.05) is 11.6 Å². The largest absolute Gasteiger partial charge is 0.493 e. The maximum Gasteiger partial charge on any atom is 0.335 e. The number of rotatable bonds is 4. The van der Waals surface area contributed by atoms with Gasteiger partial charge in [-0.25, -0.2) is 9.36 Å². The molecule has 0 aliphatic rings. The van der Waals surface area contributed by atoms with Crippen molar-refractivity contribution in [3.8, 4) is 17.0 Å². The average molecular weight is 399 g/mol. The maximum absolute atomic E-state index is 12.1. The Labute approximate surface area is 162 Å². The number of thiocyanates is 1. The predicted octanol–water partition coefficient (Wildman–Crippen LogP) is 3.21. The van der Waals surface area contributed by atoms with Gasteiger partial charge >= 0.3 is 5.69 Å². The lowest BCUT2D eigenvalue weighted by atomic mass is 10.3. The Morgan fingerprint density at radius 2 is 1.81 bits per heavy atom. The smallest absolute Gasteiger partial charge is 0.335 e. The molecule has 2 aromatic carbocycles. The third kappa shape index (κ3) is 4.11. The summed E-state index contributed by atoms with van der Waals surface area (Å²) in [5.74, 6) is -0.536. The summed E-state index contributed by atoms with van der Waals surface area (Å²) >= 11 is 6.85. The van der Waals surface area contributed by atoms with Crippen LogP contribution >= 0.6 is 23.4 Å². The number of aliphatic imine (C=N–C) groups is 1. The monoisotopic (exact) mass is 398 g/mol. The van der Waals surface area contributed by atoms with Gasteiger partial charge in [0.05, 0.1) is 11.4 Å². The van der Waals surface area contributed by atoms with Crippen LogP contribution in [-0.2, 0) is 0 Å². The molecule has 1 aromatic heterocycles. The quantitative estimate of drug-likeness (QED) is 0.398. The number of nitriles is 1. The minimum atomic E-state index is -0.783. The lowest BCUT2D eigenvalue weighted by molar-refractivity contribution is 0.430. The van der Waals surface area contributed by atoms with Crippen LogP contribution in [0.2, 0.25) is 5.02 Å². The van der Waals surface area contributed by atoms with Crippen LogP contribution in [0.25, 0.3) is 5.69 Å². The molecule has 0 radical (unpaired) electrons. The zero-order chi connectivity index (χ0) is 19.4. The molecule has 0 aliphatic heterocycles. The third-order valence-electron chi connectivity index (χ3n) is 3.55.